The number of rotatable bonds is 6. The van der Waals surface area contributed by atoms with E-state index in [9.17, 15) is 22.0 Å². The van der Waals surface area contributed by atoms with Crippen LogP contribution in [0, 0.1) is 6.92 Å². The molecule has 26 heavy (non-hydrogen) atoms. The zero-order valence-electron chi connectivity index (χ0n) is 14.6. The average molecular weight is 413 g/mol. The molecule has 0 aromatic heterocycles. The van der Waals surface area contributed by atoms with Gasteiger partial charge in [0.25, 0.3) is 0 Å². The number of carbonyl (C=O) groups is 1. The summed E-state index contributed by atoms with van der Waals surface area (Å²) in [4.78, 5) is 12.7. The quantitative estimate of drug-likeness (QED) is 0.744. The third kappa shape index (κ3) is 5.05. The van der Waals surface area contributed by atoms with Gasteiger partial charge in [0.15, 0.2) is 14.6 Å². The molecule has 1 aliphatic heterocycles. The first-order valence-electron chi connectivity index (χ1n) is 7.89. The summed E-state index contributed by atoms with van der Waals surface area (Å²) in [6.45, 7) is -0.450. The third-order valence-electron chi connectivity index (χ3n) is 4.41. The van der Waals surface area contributed by atoms with Gasteiger partial charge in [0.1, 0.15) is 5.75 Å². The van der Waals surface area contributed by atoms with E-state index >= 15 is 0 Å². The molecule has 0 atom stereocenters. The molecular formula is C16H23ClF2N2O4S. The Labute approximate surface area is 158 Å². The monoisotopic (exact) mass is 412 g/mol. The molecule has 1 aromatic rings. The van der Waals surface area contributed by atoms with E-state index in [1.165, 1.54) is 6.07 Å². The van der Waals surface area contributed by atoms with Gasteiger partial charge in [-0.1, -0.05) is 17.7 Å². The second-order valence-electron chi connectivity index (χ2n) is 6.19. The van der Waals surface area contributed by atoms with Crippen molar-refractivity contribution in [3.63, 3.8) is 0 Å². The third-order valence-corrected chi connectivity index (χ3v) is 6.42. The van der Waals surface area contributed by atoms with Crippen LogP contribution in [-0.2, 0) is 21.2 Å². The molecule has 6 nitrogen and oxygen atoms in total. The van der Waals surface area contributed by atoms with Gasteiger partial charge in [-0.25, -0.2) is 8.42 Å². The second-order valence-corrected chi connectivity index (χ2v) is 8.51. The molecule has 2 N–H and O–H groups in total. The van der Waals surface area contributed by atoms with Crippen LogP contribution in [0.15, 0.2) is 18.2 Å². The topological polar surface area (TPSA) is 84.5 Å². The van der Waals surface area contributed by atoms with Crippen LogP contribution in [0.5, 0.6) is 5.75 Å². The highest BCUT2D eigenvalue weighted by Crippen LogP contribution is 2.29. The maximum absolute atomic E-state index is 12.7. The molecule has 0 aliphatic carbocycles. The fraction of sp³-hybridized carbons (Fsp3) is 0.562. The summed E-state index contributed by atoms with van der Waals surface area (Å²) in [7, 11) is -3.63. The normalized spacial score (nSPS) is 16.7. The van der Waals surface area contributed by atoms with Crippen molar-refractivity contribution in [1.29, 1.82) is 0 Å². The Hall–Kier alpha value is -1.45. The van der Waals surface area contributed by atoms with Crippen molar-refractivity contribution in [3.05, 3.63) is 29.3 Å². The number of nitrogens with one attached hydrogen (secondary N) is 2. The van der Waals surface area contributed by atoms with Crippen molar-refractivity contribution in [3.8, 4) is 5.75 Å². The number of ether oxygens (including phenoxy) is 1. The minimum Gasteiger partial charge on any atom is -0.434 e. The first-order chi connectivity index (χ1) is 11.7. The summed E-state index contributed by atoms with van der Waals surface area (Å²) in [6, 6.07) is 4.64. The molecular weight excluding hydrogens is 390 g/mol. The van der Waals surface area contributed by atoms with E-state index in [0.717, 1.165) is 11.8 Å². The van der Waals surface area contributed by atoms with E-state index in [2.05, 4.69) is 15.4 Å². The summed E-state index contributed by atoms with van der Waals surface area (Å²) in [5, 5.41) is 5.62. The Bertz CT molecular complexity index is 738. The lowest BCUT2D eigenvalue weighted by Crippen LogP contribution is -2.57. The molecule has 1 amide bonds. The molecule has 0 spiro atoms. The van der Waals surface area contributed by atoms with Crippen LogP contribution < -0.4 is 15.4 Å². The van der Waals surface area contributed by atoms with E-state index < -0.39 is 27.1 Å². The van der Waals surface area contributed by atoms with Crippen LogP contribution >= 0.6 is 12.4 Å². The van der Waals surface area contributed by atoms with Gasteiger partial charge in [-0.15, -0.1) is 12.4 Å². The zero-order valence-corrected chi connectivity index (χ0v) is 16.2. The van der Waals surface area contributed by atoms with Crippen LogP contribution in [0.4, 0.5) is 8.78 Å². The number of carbonyl (C=O) groups excluding carboxylic acids is 1. The molecule has 1 aliphatic rings. The lowest BCUT2D eigenvalue weighted by atomic mass is 9.95. The van der Waals surface area contributed by atoms with Gasteiger partial charge in [0.05, 0.1) is 0 Å². The molecule has 0 saturated carbocycles. The Balaban J connectivity index is 0.00000338. The van der Waals surface area contributed by atoms with Crippen molar-refractivity contribution in [2.24, 2.45) is 0 Å². The maximum Gasteiger partial charge on any atom is 0.387 e. The van der Waals surface area contributed by atoms with Crippen molar-refractivity contribution in [1.82, 2.24) is 10.6 Å². The van der Waals surface area contributed by atoms with Crippen LogP contribution in [0.3, 0.4) is 0 Å². The molecule has 10 heteroatoms. The predicted molar refractivity (Wildman–Crippen MR) is 96.6 cm³/mol. The molecule has 0 bridgehead atoms. The molecule has 0 radical (unpaired) electrons. The predicted octanol–water partition coefficient (Wildman–Crippen LogP) is 1.80. The van der Waals surface area contributed by atoms with Crippen molar-refractivity contribution in [2.75, 3.05) is 19.3 Å². The largest absolute Gasteiger partial charge is 0.434 e. The minimum absolute atomic E-state index is 0. The van der Waals surface area contributed by atoms with Gasteiger partial charge in [-0.05, 0) is 38.9 Å². The number of amides is 1. The lowest BCUT2D eigenvalue weighted by Gasteiger charge is -2.34. The van der Waals surface area contributed by atoms with Gasteiger partial charge in [-0.3, -0.25) is 4.79 Å². The van der Waals surface area contributed by atoms with Gasteiger partial charge in [0, 0.05) is 18.4 Å². The molecule has 1 heterocycles. The van der Waals surface area contributed by atoms with E-state index in [0.29, 0.717) is 18.7 Å². The van der Waals surface area contributed by atoms with E-state index in [1.807, 2.05) is 0 Å². The molecule has 2 rings (SSSR count). The molecule has 148 valence electrons. The Morgan fingerprint density at radius 3 is 2.50 bits per heavy atom. The molecule has 1 fully saturated rings. The number of hydrogen-bond donors (Lipinski definition) is 2. The summed E-state index contributed by atoms with van der Waals surface area (Å²) >= 11 is 0. The first kappa shape index (κ1) is 22.6. The Morgan fingerprint density at radius 1 is 1.35 bits per heavy atom. The smallest absolute Gasteiger partial charge is 0.387 e. The highest BCUT2D eigenvalue weighted by Gasteiger charge is 2.48. The number of piperidine rings is 1. The average Bonchev–Trinajstić information content (AvgIpc) is 2.54. The Kier molecular flexibility index (Phi) is 7.79. The fourth-order valence-electron chi connectivity index (χ4n) is 2.99. The minimum atomic E-state index is -3.63. The number of sulfone groups is 1. The number of alkyl halides is 2. The molecule has 0 unspecified atom stereocenters. The number of benzene rings is 1. The highest BCUT2D eigenvalue weighted by atomic mass is 35.5. The SMILES string of the molecule is Cc1ccc(OC(F)F)c(CNC(=O)C2(S(C)(=O)=O)CCNCC2)c1.Cl. The maximum atomic E-state index is 12.7. The number of halogens is 3. The van der Waals surface area contributed by atoms with Gasteiger partial charge in [-0.2, -0.15) is 8.78 Å². The lowest BCUT2D eigenvalue weighted by molar-refractivity contribution is -0.124. The summed E-state index contributed by atoms with van der Waals surface area (Å²) < 4.78 is 52.4. The van der Waals surface area contributed by atoms with E-state index in [1.54, 1.807) is 19.1 Å². The number of hydrogen-bond acceptors (Lipinski definition) is 5. The number of aryl methyl sites for hydroxylation is 1. The van der Waals surface area contributed by atoms with Crippen LogP contribution in [0.1, 0.15) is 24.0 Å². The fourth-order valence-corrected chi connectivity index (χ4v) is 4.35. The highest BCUT2D eigenvalue weighted by molar-refractivity contribution is 7.92. The van der Waals surface area contributed by atoms with Crippen molar-refractivity contribution in [2.45, 2.75) is 37.7 Å². The summed E-state index contributed by atoms with van der Waals surface area (Å²) in [5.74, 6) is -0.652. The van der Waals surface area contributed by atoms with E-state index in [-0.39, 0.29) is 37.5 Å². The first-order valence-corrected chi connectivity index (χ1v) is 9.78. The van der Waals surface area contributed by atoms with Crippen molar-refractivity contribution < 1.29 is 26.7 Å². The standard InChI is InChI=1S/C16H22F2N2O4S.ClH/c1-11-3-4-13(24-15(17)18)12(9-11)10-20-14(21)16(25(2,22)23)5-7-19-8-6-16;/h3-4,9,15,19H,5-8,10H2,1-2H3,(H,20,21);1H. The zero-order chi connectivity index (χ0) is 18.7. The van der Waals surface area contributed by atoms with Crippen LogP contribution in [0.2, 0.25) is 0 Å². The van der Waals surface area contributed by atoms with Crippen LogP contribution in [-0.4, -0.2) is 45.0 Å². The van der Waals surface area contributed by atoms with Gasteiger partial charge >= 0.3 is 6.61 Å². The van der Waals surface area contributed by atoms with Gasteiger partial charge < -0.3 is 15.4 Å². The van der Waals surface area contributed by atoms with E-state index in [4.69, 9.17) is 0 Å². The van der Waals surface area contributed by atoms with Crippen molar-refractivity contribution >= 4 is 28.2 Å². The summed E-state index contributed by atoms with van der Waals surface area (Å²) in [5.41, 5.74) is 1.18. The van der Waals surface area contributed by atoms with Gasteiger partial charge in [0.2, 0.25) is 5.91 Å². The second kappa shape index (κ2) is 8.96. The van der Waals surface area contributed by atoms with Crippen LogP contribution in [0.25, 0.3) is 0 Å². The Morgan fingerprint density at radius 2 is 1.96 bits per heavy atom. The summed E-state index contributed by atoms with van der Waals surface area (Å²) in [6.07, 6.45) is 1.40. The molecule has 1 saturated heterocycles. The molecule has 1 aromatic carbocycles.